The summed E-state index contributed by atoms with van der Waals surface area (Å²) in [6.45, 7) is 13.6. The minimum Gasteiger partial charge on any atom is -0.455 e. The molecule has 4 amide bonds. The molecular weight excluding hydrogens is 1160 g/mol. The molecule has 11 rings (SSSR count). The normalized spacial score (nSPS) is 18.5. The lowest BCUT2D eigenvalue weighted by Gasteiger charge is -2.39. The van der Waals surface area contributed by atoms with Crippen LogP contribution >= 0.6 is 11.6 Å². The molecule has 1 atom stereocenters. The first-order valence-electron chi connectivity index (χ1n) is 30.3. The van der Waals surface area contributed by atoms with Crippen molar-refractivity contribution in [2.24, 2.45) is 11.3 Å². The molecule has 0 radical (unpaired) electrons. The Balaban J connectivity index is 0.661. The fourth-order valence-electron chi connectivity index (χ4n) is 12.6. The summed E-state index contributed by atoms with van der Waals surface area (Å²) in [6.07, 6.45) is 10.3. The Labute approximate surface area is 518 Å². The first-order valence-corrected chi connectivity index (χ1v) is 32.1. The van der Waals surface area contributed by atoms with Gasteiger partial charge in [0.1, 0.15) is 28.9 Å². The van der Waals surface area contributed by atoms with Gasteiger partial charge in [-0.3, -0.25) is 39.5 Å². The van der Waals surface area contributed by atoms with Gasteiger partial charge in [0.2, 0.25) is 11.8 Å². The number of piperazine rings is 1. The maximum atomic E-state index is 14.2. The fraction of sp³-hybridized carbons (Fsp3) is 0.409. The molecule has 4 N–H and O–H groups in total. The third-order valence-electron chi connectivity index (χ3n) is 17.8. The van der Waals surface area contributed by atoms with E-state index in [-0.39, 0.29) is 53.1 Å². The standard InChI is InChI=1S/C66H74ClN11O9S/c1-66(2)25-21-48(55(39-66)46-11-13-49(67)14-12-46)42-75-32-34-76(35-33-75)50-15-17-54(60(37-50)87-51-36-47-22-26-68-62(47)70-41-51)63(80)72-88(85,86)52-16-18-57(59(38-52)78(83)84)69-40-44-23-30-74(31-24-44)29-7-28-73(3)27-5-4-8-45-9-6-10-53-56(45)43-77(65(53)82)58-19-20-61(79)71-64(58)81/h6,9-18,22,26,36-38,41,44,58,69H,5,7,19-21,23-25,27-35,39-40,42-43H2,1-3H3,(H,68,70)(H,72,80)(H,71,79,81). The van der Waals surface area contributed by atoms with Gasteiger partial charge in [0, 0.05) is 111 Å². The average molecular weight is 1230 g/mol. The molecule has 22 heteroatoms. The molecule has 5 aliphatic rings. The van der Waals surface area contributed by atoms with Crippen molar-refractivity contribution < 1.29 is 37.3 Å². The van der Waals surface area contributed by atoms with Gasteiger partial charge in [-0.1, -0.05) is 61.1 Å². The summed E-state index contributed by atoms with van der Waals surface area (Å²) in [5.74, 6) is 5.26. The van der Waals surface area contributed by atoms with E-state index in [0.717, 1.165) is 124 Å². The molecule has 0 spiro atoms. The van der Waals surface area contributed by atoms with E-state index in [1.54, 1.807) is 36.5 Å². The lowest BCUT2D eigenvalue weighted by atomic mass is 9.72. The Kier molecular flexibility index (Phi) is 18.7. The highest BCUT2D eigenvalue weighted by atomic mass is 35.5. The van der Waals surface area contributed by atoms with Crippen LogP contribution in [0.15, 0.2) is 114 Å². The number of anilines is 2. The summed E-state index contributed by atoms with van der Waals surface area (Å²) in [4.78, 5) is 81.5. The predicted molar refractivity (Wildman–Crippen MR) is 339 cm³/mol. The zero-order chi connectivity index (χ0) is 61.7. The van der Waals surface area contributed by atoms with E-state index >= 15 is 0 Å². The number of hydrogen-bond donors (Lipinski definition) is 4. The average Bonchev–Trinajstić information content (AvgIpc) is 4.21. The number of aromatic amines is 1. The van der Waals surface area contributed by atoms with Crippen LogP contribution in [0.3, 0.4) is 0 Å². The van der Waals surface area contributed by atoms with Crippen molar-refractivity contribution in [1.29, 1.82) is 0 Å². The summed E-state index contributed by atoms with van der Waals surface area (Å²) < 4.78 is 36.5. The molecular formula is C66H74ClN11O9S. The van der Waals surface area contributed by atoms with Crippen LogP contribution in [-0.4, -0.2) is 152 Å². The molecule has 3 saturated heterocycles. The van der Waals surface area contributed by atoms with Gasteiger partial charge >= 0.3 is 0 Å². The summed E-state index contributed by atoms with van der Waals surface area (Å²) in [5.41, 5.74) is 7.56. The number of carbonyl (C=O) groups is 4. The van der Waals surface area contributed by atoms with Gasteiger partial charge in [-0.25, -0.2) is 18.1 Å². The second kappa shape index (κ2) is 26.7. The van der Waals surface area contributed by atoms with Crippen molar-refractivity contribution in [2.45, 2.75) is 89.1 Å². The number of nitro benzene ring substituents is 1. The number of halogens is 1. The zero-order valence-electron chi connectivity index (χ0n) is 49.9. The van der Waals surface area contributed by atoms with Crippen LogP contribution in [0.2, 0.25) is 5.02 Å². The minimum absolute atomic E-state index is 0.0521. The Bertz CT molecular complexity index is 3860. The maximum Gasteiger partial charge on any atom is 0.293 e. The molecule has 1 aliphatic carbocycles. The molecule has 0 bridgehead atoms. The second-order valence-electron chi connectivity index (χ2n) is 24.5. The largest absolute Gasteiger partial charge is 0.455 e. The van der Waals surface area contributed by atoms with Gasteiger partial charge in [0.15, 0.2) is 0 Å². The molecule has 88 heavy (non-hydrogen) atoms. The number of rotatable bonds is 20. The third-order valence-corrected chi connectivity index (χ3v) is 19.4. The Morgan fingerprint density at radius 1 is 0.932 bits per heavy atom. The highest BCUT2D eigenvalue weighted by Gasteiger charge is 2.40. The van der Waals surface area contributed by atoms with E-state index in [4.69, 9.17) is 16.3 Å². The predicted octanol–water partition coefficient (Wildman–Crippen LogP) is 9.47. The minimum atomic E-state index is -4.62. The molecule has 0 saturated carbocycles. The first kappa shape index (κ1) is 61.5. The van der Waals surface area contributed by atoms with Gasteiger partial charge in [-0.2, -0.15) is 0 Å². The van der Waals surface area contributed by atoms with E-state index in [1.165, 1.54) is 39.9 Å². The number of aromatic nitrogens is 2. The number of allylic oxidation sites excluding steroid dienone is 1. The van der Waals surface area contributed by atoms with Crippen LogP contribution < -0.4 is 25.0 Å². The highest BCUT2D eigenvalue weighted by molar-refractivity contribution is 7.90. The summed E-state index contributed by atoms with van der Waals surface area (Å²) in [7, 11) is -2.55. The van der Waals surface area contributed by atoms with Crippen molar-refractivity contribution >= 4 is 78.9 Å². The van der Waals surface area contributed by atoms with Gasteiger partial charge in [0.05, 0.1) is 21.6 Å². The number of nitro groups is 1. The molecule has 2 aromatic heterocycles. The summed E-state index contributed by atoms with van der Waals surface area (Å²) >= 11 is 6.28. The smallest absolute Gasteiger partial charge is 0.293 e. The zero-order valence-corrected chi connectivity index (χ0v) is 51.5. The molecule has 460 valence electrons. The van der Waals surface area contributed by atoms with E-state index in [0.29, 0.717) is 49.4 Å². The number of hydrogen-bond acceptors (Lipinski definition) is 15. The van der Waals surface area contributed by atoms with Crippen LogP contribution in [0.5, 0.6) is 11.5 Å². The highest BCUT2D eigenvalue weighted by Crippen LogP contribution is 2.44. The SMILES string of the molecule is CN(CCC#Cc1cccc2c1CN(C1CCC(=O)NC1=O)C2=O)CCCN1CCC(CNc2ccc(S(=O)(=O)NC(=O)c3ccc(N4CCN(CC5=C(c6ccc(Cl)cc6)CC(C)(C)CC5)CC4)cc3Oc3cnc4[nH]ccc4c3)cc2[N+](=O)[O-])CC1. The summed E-state index contributed by atoms with van der Waals surface area (Å²) in [6, 6.07) is 25.3. The number of ether oxygens (including phenoxy) is 1. The molecule has 4 aliphatic heterocycles. The van der Waals surface area contributed by atoms with Crippen LogP contribution in [0.4, 0.5) is 17.1 Å². The number of amides is 4. The second-order valence-corrected chi connectivity index (χ2v) is 26.7. The van der Waals surface area contributed by atoms with E-state index < -0.39 is 43.4 Å². The lowest BCUT2D eigenvalue weighted by Crippen LogP contribution is -2.52. The number of imide groups is 1. The third kappa shape index (κ3) is 14.5. The van der Waals surface area contributed by atoms with Crippen LogP contribution in [0.1, 0.15) is 109 Å². The van der Waals surface area contributed by atoms with E-state index in [1.807, 2.05) is 30.3 Å². The molecule has 6 heterocycles. The van der Waals surface area contributed by atoms with Crippen molar-refractivity contribution in [1.82, 2.24) is 39.6 Å². The number of nitrogens with one attached hydrogen (secondary N) is 4. The maximum absolute atomic E-state index is 14.2. The number of benzene rings is 4. The number of pyridine rings is 1. The van der Waals surface area contributed by atoms with Crippen molar-refractivity contribution in [2.75, 3.05) is 89.3 Å². The van der Waals surface area contributed by atoms with Gasteiger partial charge in [-0.05, 0) is 167 Å². The monoisotopic (exact) mass is 1230 g/mol. The summed E-state index contributed by atoms with van der Waals surface area (Å²) in [5, 5.41) is 19.6. The van der Waals surface area contributed by atoms with E-state index in [9.17, 15) is 37.7 Å². The first-order chi connectivity index (χ1) is 42.3. The Morgan fingerprint density at radius 2 is 1.73 bits per heavy atom. The lowest BCUT2D eigenvalue weighted by molar-refractivity contribution is -0.384. The quantitative estimate of drug-likeness (QED) is 0.0241. The number of fused-ring (bicyclic) bond motifs is 2. The van der Waals surface area contributed by atoms with Crippen molar-refractivity contribution in [3.8, 4) is 23.3 Å². The number of sulfonamides is 1. The number of likely N-dealkylation sites (tertiary alicyclic amines) is 1. The molecule has 1 unspecified atom stereocenters. The molecule has 3 fully saturated rings. The molecule has 6 aromatic rings. The van der Waals surface area contributed by atoms with Gasteiger partial charge in [-0.15, -0.1) is 0 Å². The Morgan fingerprint density at radius 3 is 2.50 bits per heavy atom. The van der Waals surface area contributed by atoms with E-state index in [2.05, 4.69) is 89.8 Å². The molecule has 20 nitrogen and oxygen atoms in total. The van der Waals surface area contributed by atoms with Crippen molar-refractivity contribution in [3.63, 3.8) is 0 Å². The fourth-order valence-corrected chi connectivity index (χ4v) is 13.8. The topological polar surface area (TPSA) is 236 Å². The van der Waals surface area contributed by atoms with Crippen LogP contribution in [0.25, 0.3) is 16.6 Å². The van der Waals surface area contributed by atoms with Crippen LogP contribution in [-0.2, 0) is 26.2 Å². The Hall–Kier alpha value is -8.13. The van der Waals surface area contributed by atoms with Gasteiger partial charge in [0.25, 0.3) is 27.5 Å². The van der Waals surface area contributed by atoms with Crippen molar-refractivity contribution in [3.05, 3.63) is 152 Å². The number of H-pyrrole nitrogens is 1. The van der Waals surface area contributed by atoms with Crippen LogP contribution in [0, 0.1) is 33.3 Å². The number of piperidine rings is 2. The number of carbonyl (C=O) groups excluding carboxylic acids is 4. The number of nitrogens with zero attached hydrogens (tertiary/aromatic N) is 7. The van der Waals surface area contributed by atoms with Gasteiger partial charge < -0.3 is 34.6 Å². The molecule has 4 aromatic carbocycles.